The summed E-state index contributed by atoms with van der Waals surface area (Å²) in [6.07, 6.45) is 5.10. The first-order chi connectivity index (χ1) is 9.11. The fourth-order valence-electron chi connectivity index (χ4n) is 3.46. The molecule has 0 radical (unpaired) electrons. The first-order valence-electron chi connectivity index (χ1n) is 7.52. The van der Waals surface area contributed by atoms with Crippen LogP contribution in [0, 0.1) is 17.8 Å². The van der Waals surface area contributed by atoms with Gasteiger partial charge in [0.2, 0.25) is 0 Å². The highest BCUT2D eigenvalue weighted by Gasteiger charge is 2.31. The standard InChI is InChI=1S/C17H26ClN/c1-12(2)13-8-9-17(19-3)15(10-13)11-14-6-4-5-7-16(14)18/h4-7,12-13,15,17,19H,8-11H2,1-3H3. The van der Waals surface area contributed by atoms with Gasteiger partial charge in [0.15, 0.2) is 0 Å². The van der Waals surface area contributed by atoms with Crippen LogP contribution in [-0.2, 0) is 6.42 Å². The molecule has 106 valence electrons. The van der Waals surface area contributed by atoms with E-state index in [4.69, 9.17) is 11.6 Å². The summed E-state index contributed by atoms with van der Waals surface area (Å²) in [4.78, 5) is 0. The Morgan fingerprint density at radius 1 is 1.26 bits per heavy atom. The second-order valence-corrected chi connectivity index (χ2v) is 6.68. The summed E-state index contributed by atoms with van der Waals surface area (Å²) in [5.74, 6) is 2.38. The van der Waals surface area contributed by atoms with Crippen LogP contribution in [-0.4, -0.2) is 13.1 Å². The van der Waals surface area contributed by atoms with Crippen molar-refractivity contribution in [3.8, 4) is 0 Å². The van der Waals surface area contributed by atoms with Crippen molar-refractivity contribution in [2.45, 2.75) is 45.6 Å². The van der Waals surface area contributed by atoms with E-state index in [9.17, 15) is 0 Å². The van der Waals surface area contributed by atoms with Crippen molar-refractivity contribution < 1.29 is 0 Å². The Kier molecular flexibility index (Phi) is 5.29. The molecule has 0 aromatic heterocycles. The Bertz CT molecular complexity index is 402. The minimum atomic E-state index is 0.645. The number of rotatable bonds is 4. The molecule has 0 amide bonds. The molecule has 1 aromatic carbocycles. The SMILES string of the molecule is CNC1CCC(C(C)C)CC1Cc1ccccc1Cl. The highest BCUT2D eigenvalue weighted by Crippen LogP contribution is 2.36. The summed E-state index contributed by atoms with van der Waals surface area (Å²) in [6, 6.07) is 8.94. The fraction of sp³-hybridized carbons (Fsp3) is 0.647. The van der Waals surface area contributed by atoms with Crippen LogP contribution in [0.15, 0.2) is 24.3 Å². The number of hydrogen-bond donors (Lipinski definition) is 1. The summed E-state index contributed by atoms with van der Waals surface area (Å²) in [5, 5.41) is 4.43. The van der Waals surface area contributed by atoms with Gasteiger partial charge in [-0.2, -0.15) is 0 Å². The molecule has 3 unspecified atom stereocenters. The summed E-state index contributed by atoms with van der Waals surface area (Å²) in [6.45, 7) is 4.72. The predicted molar refractivity (Wildman–Crippen MR) is 83.7 cm³/mol. The van der Waals surface area contributed by atoms with E-state index in [1.165, 1.54) is 24.8 Å². The first kappa shape index (κ1) is 14.9. The van der Waals surface area contributed by atoms with Crippen LogP contribution in [0.5, 0.6) is 0 Å². The molecule has 1 aliphatic carbocycles. The van der Waals surface area contributed by atoms with Gasteiger partial charge in [-0.3, -0.25) is 0 Å². The molecule has 19 heavy (non-hydrogen) atoms. The Morgan fingerprint density at radius 2 is 2.00 bits per heavy atom. The molecular weight excluding hydrogens is 254 g/mol. The number of nitrogens with one attached hydrogen (secondary N) is 1. The van der Waals surface area contributed by atoms with Crippen molar-refractivity contribution in [2.75, 3.05) is 7.05 Å². The molecule has 0 bridgehead atoms. The smallest absolute Gasteiger partial charge is 0.0438 e. The minimum Gasteiger partial charge on any atom is -0.317 e. The number of hydrogen-bond acceptors (Lipinski definition) is 1. The van der Waals surface area contributed by atoms with E-state index in [0.29, 0.717) is 12.0 Å². The average molecular weight is 280 g/mol. The van der Waals surface area contributed by atoms with E-state index in [-0.39, 0.29) is 0 Å². The summed E-state index contributed by atoms with van der Waals surface area (Å²) in [7, 11) is 2.10. The molecule has 1 aromatic rings. The van der Waals surface area contributed by atoms with Crippen molar-refractivity contribution in [1.29, 1.82) is 0 Å². The van der Waals surface area contributed by atoms with Crippen LogP contribution < -0.4 is 5.32 Å². The third kappa shape index (κ3) is 3.73. The van der Waals surface area contributed by atoms with Gasteiger partial charge in [-0.15, -0.1) is 0 Å². The molecule has 1 nitrogen and oxygen atoms in total. The lowest BCUT2D eigenvalue weighted by molar-refractivity contribution is 0.173. The lowest BCUT2D eigenvalue weighted by Crippen LogP contribution is -2.40. The highest BCUT2D eigenvalue weighted by molar-refractivity contribution is 6.31. The summed E-state index contributed by atoms with van der Waals surface area (Å²) in [5.41, 5.74) is 1.30. The minimum absolute atomic E-state index is 0.645. The van der Waals surface area contributed by atoms with Gasteiger partial charge in [-0.1, -0.05) is 43.6 Å². The molecule has 1 fully saturated rings. The zero-order valence-corrected chi connectivity index (χ0v) is 13.1. The van der Waals surface area contributed by atoms with Crippen LogP contribution >= 0.6 is 11.6 Å². The lowest BCUT2D eigenvalue weighted by atomic mass is 9.72. The Balaban J connectivity index is 2.08. The van der Waals surface area contributed by atoms with Crippen LogP contribution in [0.1, 0.15) is 38.7 Å². The third-order valence-corrected chi connectivity index (χ3v) is 5.15. The van der Waals surface area contributed by atoms with E-state index in [1.54, 1.807) is 0 Å². The van der Waals surface area contributed by atoms with Gasteiger partial charge in [0.1, 0.15) is 0 Å². The van der Waals surface area contributed by atoms with Gasteiger partial charge in [0.25, 0.3) is 0 Å². The van der Waals surface area contributed by atoms with Crippen molar-refractivity contribution in [3.05, 3.63) is 34.9 Å². The van der Waals surface area contributed by atoms with Gasteiger partial charge in [-0.25, -0.2) is 0 Å². The molecule has 0 aliphatic heterocycles. The maximum Gasteiger partial charge on any atom is 0.0438 e. The third-order valence-electron chi connectivity index (χ3n) is 4.78. The second-order valence-electron chi connectivity index (χ2n) is 6.27. The molecule has 2 rings (SSSR count). The largest absolute Gasteiger partial charge is 0.317 e. The molecule has 1 saturated carbocycles. The zero-order chi connectivity index (χ0) is 13.8. The summed E-state index contributed by atoms with van der Waals surface area (Å²) >= 11 is 6.31. The topological polar surface area (TPSA) is 12.0 Å². The Morgan fingerprint density at radius 3 is 2.63 bits per heavy atom. The van der Waals surface area contributed by atoms with Crippen molar-refractivity contribution >= 4 is 11.6 Å². The van der Waals surface area contributed by atoms with Crippen molar-refractivity contribution in [2.24, 2.45) is 17.8 Å². The van der Waals surface area contributed by atoms with Gasteiger partial charge in [-0.05, 0) is 62.1 Å². The van der Waals surface area contributed by atoms with Crippen molar-refractivity contribution in [1.82, 2.24) is 5.32 Å². The average Bonchev–Trinajstić information content (AvgIpc) is 2.41. The normalized spacial score (nSPS) is 27.7. The Hall–Kier alpha value is -0.530. The molecule has 3 atom stereocenters. The number of benzene rings is 1. The van der Waals surface area contributed by atoms with E-state index >= 15 is 0 Å². The summed E-state index contributed by atoms with van der Waals surface area (Å²) < 4.78 is 0. The molecule has 1 aliphatic rings. The Labute approximate surface area is 122 Å². The van der Waals surface area contributed by atoms with Crippen molar-refractivity contribution in [3.63, 3.8) is 0 Å². The van der Waals surface area contributed by atoms with E-state index in [0.717, 1.165) is 23.3 Å². The zero-order valence-electron chi connectivity index (χ0n) is 12.3. The monoisotopic (exact) mass is 279 g/mol. The maximum absolute atomic E-state index is 6.31. The van der Waals surface area contributed by atoms with Crippen LogP contribution in [0.4, 0.5) is 0 Å². The predicted octanol–water partition coefficient (Wildman–Crippen LogP) is 4.54. The highest BCUT2D eigenvalue weighted by atomic mass is 35.5. The van der Waals surface area contributed by atoms with E-state index in [1.807, 2.05) is 12.1 Å². The molecule has 2 heteroatoms. The van der Waals surface area contributed by atoms with Crippen LogP contribution in [0.25, 0.3) is 0 Å². The lowest BCUT2D eigenvalue weighted by Gasteiger charge is -2.38. The molecular formula is C17H26ClN. The second kappa shape index (κ2) is 6.76. The van der Waals surface area contributed by atoms with E-state index < -0.39 is 0 Å². The van der Waals surface area contributed by atoms with Gasteiger partial charge in [0.05, 0.1) is 0 Å². The molecule has 0 spiro atoms. The maximum atomic E-state index is 6.31. The quantitative estimate of drug-likeness (QED) is 0.853. The van der Waals surface area contributed by atoms with Gasteiger partial charge in [0, 0.05) is 11.1 Å². The molecule has 1 N–H and O–H groups in total. The van der Waals surface area contributed by atoms with Crippen LogP contribution in [0.3, 0.4) is 0 Å². The number of halogens is 1. The molecule has 0 saturated heterocycles. The van der Waals surface area contributed by atoms with E-state index in [2.05, 4.69) is 38.3 Å². The van der Waals surface area contributed by atoms with Gasteiger partial charge < -0.3 is 5.32 Å². The molecule has 0 heterocycles. The van der Waals surface area contributed by atoms with Gasteiger partial charge >= 0.3 is 0 Å². The fourth-order valence-corrected chi connectivity index (χ4v) is 3.67. The van der Waals surface area contributed by atoms with Crippen LogP contribution in [0.2, 0.25) is 5.02 Å². The first-order valence-corrected chi connectivity index (χ1v) is 7.90.